The van der Waals surface area contributed by atoms with E-state index in [2.05, 4.69) is 25.1 Å². The first-order chi connectivity index (χ1) is 16.5. The summed E-state index contributed by atoms with van der Waals surface area (Å²) in [6.07, 6.45) is 5.26. The fraction of sp³-hybridized carbons (Fsp3) is 0.379. The van der Waals surface area contributed by atoms with Gasteiger partial charge in [0.1, 0.15) is 5.75 Å². The zero-order chi connectivity index (χ0) is 23.8. The van der Waals surface area contributed by atoms with Crippen molar-refractivity contribution in [3.05, 3.63) is 76.9 Å². The van der Waals surface area contributed by atoms with E-state index in [0.29, 0.717) is 13.0 Å². The molecule has 4 atom stereocenters. The summed E-state index contributed by atoms with van der Waals surface area (Å²) in [6.45, 7) is 2.64. The van der Waals surface area contributed by atoms with Crippen molar-refractivity contribution in [1.82, 2.24) is 4.90 Å². The molecule has 0 spiro atoms. The first-order valence-corrected chi connectivity index (χ1v) is 12.2. The third kappa shape index (κ3) is 3.98. The van der Waals surface area contributed by atoms with Crippen molar-refractivity contribution in [3.63, 3.8) is 0 Å². The Balaban J connectivity index is 1.42. The number of ether oxygens (including phenoxy) is 1. The highest BCUT2D eigenvalue weighted by molar-refractivity contribution is 6.05. The fourth-order valence-corrected chi connectivity index (χ4v) is 6.02. The Morgan fingerprint density at radius 1 is 1.09 bits per heavy atom. The average Bonchev–Trinajstić information content (AvgIpc) is 3.37. The number of benzene rings is 2. The largest absolute Gasteiger partial charge is 0.508 e. The van der Waals surface area contributed by atoms with Crippen molar-refractivity contribution < 1.29 is 19.4 Å². The number of phenols is 1. The molecule has 2 aromatic carbocycles. The Hall–Kier alpha value is -3.18. The van der Waals surface area contributed by atoms with Crippen LogP contribution in [0.1, 0.15) is 43.7 Å². The Bertz CT molecular complexity index is 1170. The standard InChI is InChI=1S/C29H31NO4/c1-3-19-16-23-27(29(33)30(2)28(23)32)24-17-34-25(26(19)24)13-12-21(20-9-5-4-6-10-20)14-18-8-7-11-22(31)15-18/h4-11,14-15,23-25,27,31H,3,12-13,16-17H2,1-2H3/b21-14-/t23-,24+,25-,27-/m1/s1. The molecule has 2 aliphatic heterocycles. The lowest BCUT2D eigenvalue weighted by Gasteiger charge is -2.31. The number of rotatable bonds is 6. The Morgan fingerprint density at radius 3 is 2.62 bits per heavy atom. The van der Waals surface area contributed by atoms with Crippen molar-refractivity contribution in [3.8, 4) is 5.75 Å². The van der Waals surface area contributed by atoms with Gasteiger partial charge >= 0.3 is 0 Å². The van der Waals surface area contributed by atoms with E-state index < -0.39 is 0 Å². The predicted molar refractivity (Wildman–Crippen MR) is 132 cm³/mol. The molecule has 0 saturated carbocycles. The molecule has 5 heteroatoms. The first kappa shape index (κ1) is 22.6. The van der Waals surface area contributed by atoms with Gasteiger partial charge in [0.05, 0.1) is 24.5 Å². The molecule has 0 aromatic heterocycles. The van der Waals surface area contributed by atoms with Crippen LogP contribution in [0.2, 0.25) is 0 Å². The van der Waals surface area contributed by atoms with E-state index in [1.165, 1.54) is 21.6 Å². The van der Waals surface area contributed by atoms with Crippen LogP contribution in [-0.4, -0.2) is 41.6 Å². The summed E-state index contributed by atoms with van der Waals surface area (Å²) < 4.78 is 6.31. The molecule has 0 bridgehead atoms. The topological polar surface area (TPSA) is 66.8 Å². The summed E-state index contributed by atoms with van der Waals surface area (Å²) >= 11 is 0. The van der Waals surface area contributed by atoms with E-state index in [-0.39, 0.29) is 41.4 Å². The van der Waals surface area contributed by atoms with Gasteiger partial charge < -0.3 is 9.84 Å². The summed E-state index contributed by atoms with van der Waals surface area (Å²) in [7, 11) is 1.61. The number of imide groups is 1. The number of nitrogens with zero attached hydrogens (tertiary/aromatic N) is 1. The van der Waals surface area contributed by atoms with E-state index in [1.54, 1.807) is 19.2 Å². The van der Waals surface area contributed by atoms with Crippen LogP contribution < -0.4 is 0 Å². The molecular formula is C29H31NO4. The van der Waals surface area contributed by atoms with Crippen LogP contribution in [0.4, 0.5) is 0 Å². The lowest BCUT2D eigenvalue weighted by molar-refractivity contribution is -0.138. The van der Waals surface area contributed by atoms with Crippen molar-refractivity contribution in [2.24, 2.45) is 17.8 Å². The number of hydrogen-bond donors (Lipinski definition) is 1. The highest BCUT2D eigenvalue weighted by Crippen LogP contribution is 2.50. The summed E-state index contributed by atoms with van der Waals surface area (Å²) in [5.74, 6) is -0.332. The number of phenolic OH excluding ortho intramolecular Hbond substituents is 1. The molecule has 0 radical (unpaired) electrons. The second-order valence-corrected chi connectivity index (χ2v) is 9.58. The molecule has 2 heterocycles. The van der Waals surface area contributed by atoms with Crippen molar-refractivity contribution in [2.75, 3.05) is 13.7 Å². The number of carbonyl (C=O) groups excluding carboxylic acids is 2. The molecule has 2 amide bonds. The van der Waals surface area contributed by atoms with Gasteiger partial charge in [-0.15, -0.1) is 0 Å². The number of aromatic hydroxyl groups is 1. The molecule has 3 aliphatic rings. The van der Waals surface area contributed by atoms with Crippen LogP contribution in [0, 0.1) is 17.8 Å². The van der Waals surface area contributed by atoms with Crippen molar-refractivity contribution in [1.29, 1.82) is 0 Å². The van der Waals surface area contributed by atoms with E-state index in [0.717, 1.165) is 30.4 Å². The fourth-order valence-electron chi connectivity index (χ4n) is 6.02. The number of allylic oxidation sites excluding steroid dienone is 2. The molecular weight excluding hydrogens is 426 g/mol. The summed E-state index contributed by atoms with van der Waals surface area (Å²) in [4.78, 5) is 26.9. The van der Waals surface area contributed by atoms with Gasteiger partial charge in [0.2, 0.25) is 11.8 Å². The maximum absolute atomic E-state index is 12.9. The van der Waals surface area contributed by atoms with Crippen LogP contribution >= 0.6 is 0 Å². The SMILES string of the molecule is CCC1=C2[C@@H](CC/C(=C/c3cccc(O)c3)c3ccccc3)OC[C@@H]2[C@@H]2C(=O)N(C)C(=O)[C@@H]2C1. The van der Waals surface area contributed by atoms with Gasteiger partial charge in [-0.1, -0.05) is 61.0 Å². The molecule has 2 aromatic rings. The van der Waals surface area contributed by atoms with Crippen LogP contribution in [-0.2, 0) is 14.3 Å². The van der Waals surface area contributed by atoms with Crippen LogP contribution in [0.15, 0.2) is 65.7 Å². The molecule has 0 unspecified atom stereocenters. The molecule has 1 aliphatic carbocycles. The number of amides is 2. The van der Waals surface area contributed by atoms with Crippen molar-refractivity contribution in [2.45, 2.75) is 38.7 Å². The molecule has 5 nitrogen and oxygen atoms in total. The molecule has 34 heavy (non-hydrogen) atoms. The first-order valence-electron chi connectivity index (χ1n) is 12.2. The summed E-state index contributed by atoms with van der Waals surface area (Å²) in [6, 6.07) is 17.6. The predicted octanol–water partition coefficient (Wildman–Crippen LogP) is 5.07. The van der Waals surface area contributed by atoms with Crippen LogP contribution in [0.5, 0.6) is 5.75 Å². The monoisotopic (exact) mass is 457 g/mol. The highest BCUT2D eigenvalue weighted by Gasteiger charge is 2.55. The Morgan fingerprint density at radius 2 is 1.88 bits per heavy atom. The zero-order valence-corrected chi connectivity index (χ0v) is 19.7. The Labute approximate surface area is 200 Å². The number of carbonyl (C=O) groups is 2. The minimum absolute atomic E-state index is 0.00956. The Kier molecular flexibility index (Phi) is 6.13. The van der Waals surface area contributed by atoms with Gasteiger partial charge in [0, 0.05) is 13.0 Å². The number of likely N-dealkylation sites (tertiary alicyclic amines) is 1. The molecule has 5 rings (SSSR count). The minimum atomic E-state index is -0.274. The highest BCUT2D eigenvalue weighted by atomic mass is 16.5. The molecule has 176 valence electrons. The summed E-state index contributed by atoms with van der Waals surface area (Å²) in [5, 5.41) is 9.91. The zero-order valence-electron chi connectivity index (χ0n) is 19.7. The van der Waals surface area contributed by atoms with Gasteiger partial charge in [-0.25, -0.2) is 0 Å². The van der Waals surface area contributed by atoms with E-state index in [4.69, 9.17) is 4.74 Å². The van der Waals surface area contributed by atoms with Crippen molar-refractivity contribution >= 4 is 23.5 Å². The number of fused-ring (bicyclic) bond motifs is 3. The van der Waals surface area contributed by atoms with Gasteiger partial charge in [0.15, 0.2) is 0 Å². The normalized spacial score (nSPS) is 26.8. The lowest BCUT2D eigenvalue weighted by Crippen LogP contribution is -2.33. The van der Waals surface area contributed by atoms with E-state index >= 15 is 0 Å². The minimum Gasteiger partial charge on any atom is -0.508 e. The van der Waals surface area contributed by atoms with Gasteiger partial charge in [-0.2, -0.15) is 0 Å². The molecule has 2 fully saturated rings. The van der Waals surface area contributed by atoms with Gasteiger partial charge in [-0.3, -0.25) is 14.5 Å². The quantitative estimate of drug-likeness (QED) is 0.374. The smallest absolute Gasteiger partial charge is 0.233 e. The average molecular weight is 458 g/mol. The maximum Gasteiger partial charge on any atom is 0.233 e. The van der Waals surface area contributed by atoms with Gasteiger partial charge in [0.25, 0.3) is 0 Å². The molecule has 1 N–H and O–H groups in total. The van der Waals surface area contributed by atoms with E-state index in [9.17, 15) is 14.7 Å². The maximum atomic E-state index is 12.9. The van der Waals surface area contributed by atoms with E-state index in [1.807, 2.05) is 30.3 Å². The second kappa shape index (κ2) is 9.22. The lowest BCUT2D eigenvalue weighted by atomic mass is 9.69. The van der Waals surface area contributed by atoms with Crippen LogP contribution in [0.25, 0.3) is 11.6 Å². The summed E-state index contributed by atoms with van der Waals surface area (Å²) in [5.41, 5.74) is 5.84. The van der Waals surface area contributed by atoms with Crippen LogP contribution in [0.3, 0.4) is 0 Å². The number of hydrogen-bond acceptors (Lipinski definition) is 4. The third-order valence-electron chi connectivity index (χ3n) is 7.69. The molecule has 2 saturated heterocycles. The second-order valence-electron chi connectivity index (χ2n) is 9.58. The van der Waals surface area contributed by atoms with Gasteiger partial charge in [-0.05, 0) is 60.1 Å². The third-order valence-corrected chi connectivity index (χ3v) is 7.69.